The zero-order chi connectivity index (χ0) is 37.7. The molecule has 0 bridgehead atoms. The van der Waals surface area contributed by atoms with Crippen molar-refractivity contribution in [2.45, 2.75) is 129 Å². The van der Waals surface area contributed by atoms with Crippen LogP contribution in [-0.4, -0.2) is 104 Å². The number of hydrogen-bond donors (Lipinski definition) is 4. The van der Waals surface area contributed by atoms with Crippen molar-refractivity contribution in [1.29, 1.82) is 0 Å². The molecule has 5 atom stereocenters. The van der Waals surface area contributed by atoms with E-state index in [0.29, 0.717) is 58.1 Å². The molecule has 290 valence electrons. The van der Waals surface area contributed by atoms with Gasteiger partial charge in [0.15, 0.2) is 5.78 Å². The molecule has 0 radical (unpaired) electrons. The number of amides is 4. The van der Waals surface area contributed by atoms with Gasteiger partial charge in [-0.2, -0.15) is 0 Å². The summed E-state index contributed by atoms with van der Waals surface area (Å²) in [6, 6.07) is 5.85. The first-order chi connectivity index (χ1) is 24.8. The lowest BCUT2D eigenvalue weighted by Crippen LogP contribution is -2.59. The number of Topliss-reactive ketones (excluding diaryl/α,β-unsaturated/α-hetero) is 1. The molecule has 1 saturated carbocycles. The smallest absolute Gasteiger partial charge is 0.243 e. The summed E-state index contributed by atoms with van der Waals surface area (Å²) in [4.78, 5) is 70.6. The second-order valence-electron chi connectivity index (χ2n) is 16.1. The number of benzene rings is 1. The van der Waals surface area contributed by atoms with Crippen LogP contribution in [0, 0.1) is 17.8 Å². The Hall–Kier alpha value is -3.35. The first-order valence-corrected chi connectivity index (χ1v) is 19.6. The minimum atomic E-state index is -1.01. The van der Waals surface area contributed by atoms with Gasteiger partial charge in [0.2, 0.25) is 23.6 Å². The van der Waals surface area contributed by atoms with Crippen LogP contribution >= 0.6 is 0 Å². The molecule has 0 aromatic heterocycles. The van der Waals surface area contributed by atoms with Crippen LogP contribution in [0.2, 0.25) is 0 Å². The summed E-state index contributed by atoms with van der Waals surface area (Å²) < 4.78 is 10.8. The van der Waals surface area contributed by atoms with E-state index in [-0.39, 0.29) is 36.5 Å². The van der Waals surface area contributed by atoms with E-state index >= 15 is 0 Å². The van der Waals surface area contributed by atoms with Gasteiger partial charge in [0.25, 0.3) is 0 Å². The number of morpholine rings is 1. The van der Waals surface area contributed by atoms with E-state index in [0.717, 1.165) is 24.8 Å². The summed E-state index contributed by atoms with van der Waals surface area (Å²) >= 11 is 0. The Morgan fingerprint density at radius 1 is 0.769 bits per heavy atom. The zero-order valence-electron chi connectivity index (χ0n) is 32.0. The summed E-state index contributed by atoms with van der Waals surface area (Å²) in [5.74, 6) is -1.11. The van der Waals surface area contributed by atoms with E-state index < -0.39 is 47.5 Å². The number of nitrogens with one attached hydrogen (secondary N) is 4. The Labute approximate surface area is 310 Å². The monoisotopic (exact) mass is 725 g/mol. The van der Waals surface area contributed by atoms with Crippen molar-refractivity contribution in [3.63, 3.8) is 0 Å². The summed E-state index contributed by atoms with van der Waals surface area (Å²) in [6.45, 7) is 12.6. The molecule has 3 fully saturated rings. The van der Waals surface area contributed by atoms with Gasteiger partial charge in [-0.15, -0.1) is 0 Å². The van der Waals surface area contributed by atoms with Crippen molar-refractivity contribution in [3.8, 4) is 0 Å². The van der Waals surface area contributed by atoms with Gasteiger partial charge in [0.05, 0.1) is 32.4 Å². The van der Waals surface area contributed by atoms with Crippen LogP contribution < -0.4 is 21.3 Å². The number of ether oxygens (including phenoxy) is 2. The zero-order valence-corrected chi connectivity index (χ0v) is 32.0. The quantitative estimate of drug-likeness (QED) is 0.149. The number of ketones is 1. The number of hydrogen-bond acceptors (Lipinski definition) is 8. The van der Waals surface area contributed by atoms with Gasteiger partial charge < -0.3 is 30.7 Å². The average molecular weight is 726 g/mol. The topological polar surface area (TPSA) is 158 Å². The molecule has 52 heavy (non-hydrogen) atoms. The van der Waals surface area contributed by atoms with Crippen molar-refractivity contribution in [2.75, 3.05) is 39.5 Å². The number of rotatable bonds is 20. The highest BCUT2D eigenvalue weighted by Gasteiger charge is 2.50. The van der Waals surface area contributed by atoms with Crippen LogP contribution in [-0.2, 0) is 39.9 Å². The standard InChI is InChI=1S/C40H63N5O7/c1-27(2)22-32(36(47)40(5)26-52-40)42-39(50)34(24-30-14-10-7-11-15-30)44-38(49)33(23-28(3)4)43-37(48)31(17-16-29-12-8-6-9-13-29)41-35(46)25-45-18-20-51-21-19-45/h7,10-11,14-15,27-29,31-34H,6,8-9,12-13,16-26H2,1-5H3,(H,41,46)(H,42,50)(H,43,48)(H,44,49)/t31-,32-,33-,34-,40+/m0/s1. The summed E-state index contributed by atoms with van der Waals surface area (Å²) in [5, 5.41) is 11.8. The molecule has 0 unspecified atom stereocenters. The Kier molecular flexibility index (Phi) is 16.1. The normalized spacial score (nSPS) is 21.8. The summed E-state index contributed by atoms with van der Waals surface area (Å²) in [5.41, 5.74) is -0.0784. The number of carbonyl (C=O) groups excluding carboxylic acids is 5. The first-order valence-electron chi connectivity index (χ1n) is 19.6. The van der Waals surface area contributed by atoms with E-state index in [2.05, 4.69) is 21.3 Å². The fourth-order valence-corrected chi connectivity index (χ4v) is 7.25. The molecule has 4 rings (SSSR count). The predicted molar refractivity (Wildman–Crippen MR) is 199 cm³/mol. The van der Waals surface area contributed by atoms with Crippen LogP contribution in [0.3, 0.4) is 0 Å². The Bertz CT molecular complexity index is 1320. The van der Waals surface area contributed by atoms with Crippen molar-refractivity contribution in [2.24, 2.45) is 17.8 Å². The SMILES string of the molecule is CC(C)C[C@H](NC(=O)[C@H](CCC1CCCCC1)NC(=O)CN1CCOCC1)C(=O)N[C@@H](Cc1ccccc1)C(=O)N[C@@H](CC(C)C)C(=O)[C@@]1(C)CO1. The lowest BCUT2D eigenvalue weighted by Gasteiger charge is -2.29. The van der Waals surface area contributed by atoms with Crippen molar-refractivity contribution in [1.82, 2.24) is 26.2 Å². The molecule has 2 heterocycles. The number of epoxide rings is 1. The molecule has 2 saturated heterocycles. The van der Waals surface area contributed by atoms with E-state index in [9.17, 15) is 24.0 Å². The molecular formula is C40H63N5O7. The van der Waals surface area contributed by atoms with Gasteiger partial charge in [-0.25, -0.2) is 0 Å². The number of nitrogens with zero attached hydrogens (tertiary/aromatic N) is 1. The van der Waals surface area contributed by atoms with Crippen molar-refractivity contribution < 1.29 is 33.4 Å². The highest BCUT2D eigenvalue weighted by Crippen LogP contribution is 2.30. The lowest BCUT2D eigenvalue weighted by molar-refractivity contribution is -0.135. The third-order valence-corrected chi connectivity index (χ3v) is 10.4. The molecule has 1 aliphatic carbocycles. The second-order valence-corrected chi connectivity index (χ2v) is 16.1. The van der Waals surface area contributed by atoms with Gasteiger partial charge in [0, 0.05) is 19.5 Å². The largest absolute Gasteiger partial charge is 0.379 e. The first kappa shape index (κ1) is 41.4. The van der Waals surface area contributed by atoms with Crippen molar-refractivity contribution in [3.05, 3.63) is 35.9 Å². The van der Waals surface area contributed by atoms with Gasteiger partial charge >= 0.3 is 0 Å². The Morgan fingerprint density at radius 2 is 1.33 bits per heavy atom. The minimum absolute atomic E-state index is 0.0429. The number of carbonyl (C=O) groups is 5. The maximum atomic E-state index is 14.1. The molecule has 12 heteroatoms. The lowest BCUT2D eigenvalue weighted by atomic mass is 9.85. The van der Waals surface area contributed by atoms with E-state index in [1.807, 2.05) is 62.9 Å². The Balaban J connectivity index is 1.49. The highest BCUT2D eigenvalue weighted by atomic mass is 16.6. The van der Waals surface area contributed by atoms with E-state index in [4.69, 9.17) is 9.47 Å². The minimum Gasteiger partial charge on any atom is -0.379 e. The second kappa shape index (κ2) is 20.2. The average Bonchev–Trinajstić information content (AvgIpc) is 3.87. The predicted octanol–water partition coefficient (Wildman–Crippen LogP) is 3.31. The third-order valence-electron chi connectivity index (χ3n) is 10.4. The third kappa shape index (κ3) is 13.6. The van der Waals surface area contributed by atoms with Crippen LogP contribution in [0.15, 0.2) is 30.3 Å². The summed E-state index contributed by atoms with van der Waals surface area (Å²) in [7, 11) is 0. The molecule has 1 aromatic carbocycles. The fourth-order valence-electron chi connectivity index (χ4n) is 7.25. The molecule has 4 N–H and O–H groups in total. The maximum absolute atomic E-state index is 14.1. The molecule has 3 aliphatic rings. The Morgan fingerprint density at radius 3 is 1.94 bits per heavy atom. The van der Waals surface area contributed by atoms with Gasteiger partial charge in [-0.3, -0.25) is 28.9 Å². The summed E-state index contributed by atoms with van der Waals surface area (Å²) in [6.07, 6.45) is 8.08. The van der Waals surface area contributed by atoms with Gasteiger partial charge in [0.1, 0.15) is 23.7 Å². The molecule has 0 spiro atoms. The van der Waals surface area contributed by atoms with Crippen LogP contribution in [0.1, 0.15) is 98.0 Å². The van der Waals surface area contributed by atoms with Crippen LogP contribution in [0.25, 0.3) is 0 Å². The van der Waals surface area contributed by atoms with E-state index in [1.54, 1.807) is 6.92 Å². The van der Waals surface area contributed by atoms with Crippen molar-refractivity contribution >= 4 is 29.4 Å². The van der Waals surface area contributed by atoms with Gasteiger partial charge in [-0.1, -0.05) is 90.1 Å². The fraction of sp³-hybridized carbons (Fsp3) is 0.725. The van der Waals surface area contributed by atoms with Crippen LogP contribution in [0.4, 0.5) is 0 Å². The molecular weight excluding hydrogens is 662 g/mol. The van der Waals surface area contributed by atoms with Crippen LogP contribution in [0.5, 0.6) is 0 Å². The molecule has 12 nitrogen and oxygen atoms in total. The van der Waals surface area contributed by atoms with Gasteiger partial charge in [-0.05, 0) is 55.9 Å². The molecule has 4 amide bonds. The van der Waals surface area contributed by atoms with E-state index in [1.165, 1.54) is 19.3 Å². The highest BCUT2D eigenvalue weighted by molar-refractivity contribution is 5.98. The molecule has 1 aromatic rings. The maximum Gasteiger partial charge on any atom is 0.243 e. The molecule has 2 aliphatic heterocycles.